The number of hydrogen-bond acceptors (Lipinski definition) is 6. The fourth-order valence-corrected chi connectivity index (χ4v) is 3.07. The quantitative estimate of drug-likeness (QED) is 0.299. The van der Waals surface area contributed by atoms with Crippen molar-refractivity contribution in [3.63, 3.8) is 0 Å². The molecule has 3 aromatic carbocycles. The number of hydrogen-bond donors (Lipinski definition) is 2. The molecule has 0 saturated heterocycles. The smallest absolute Gasteiger partial charge is 0.329 e. The molecule has 0 aromatic heterocycles. The minimum atomic E-state index is -0.914. The van der Waals surface area contributed by atoms with Crippen LogP contribution in [0.2, 0.25) is 0 Å². The van der Waals surface area contributed by atoms with Gasteiger partial charge in [-0.15, -0.1) is 0 Å². The first-order valence-electron chi connectivity index (χ1n) is 10.6. The Labute approximate surface area is 198 Å². The van der Waals surface area contributed by atoms with Crippen LogP contribution in [0.5, 0.6) is 17.2 Å². The van der Waals surface area contributed by atoms with Crippen LogP contribution in [0.4, 0.5) is 5.69 Å². The zero-order chi connectivity index (χ0) is 24.5. The Morgan fingerprint density at radius 3 is 2.26 bits per heavy atom. The Morgan fingerprint density at radius 1 is 0.882 bits per heavy atom. The third-order valence-corrected chi connectivity index (χ3v) is 5.11. The molecule has 0 heterocycles. The van der Waals surface area contributed by atoms with Crippen LogP contribution in [-0.2, 0) is 16.2 Å². The lowest BCUT2D eigenvalue weighted by atomic mass is 10.1. The van der Waals surface area contributed by atoms with Crippen molar-refractivity contribution in [3.05, 3.63) is 83.4 Å². The standard InChI is InChI=1S/C26H27N3O5/c1-17-7-5-6-8-20(17)16-34-21-11-9-19(10-12-21)18(2)28-29-26(31)25(30)27-23-15-22(32-3)13-14-24(23)33-4/h5-15H,16H2,1-4H3,(H,27,30)(H,29,31)/b28-18+. The average molecular weight is 462 g/mol. The molecular formula is C26H27N3O5. The summed E-state index contributed by atoms with van der Waals surface area (Å²) in [6.45, 7) is 4.25. The van der Waals surface area contributed by atoms with Crippen molar-refractivity contribution in [2.24, 2.45) is 5.10 Å². The van der Waals surface area contributed by atoms with E-state index in [0.717, 1.165) is 16.9 Å². The SMILES string of the molecule is COc1ccc(OC)c(NC(=O)C(=O)N/N=C(\C)c2ccc(OCc3ccccc3C)cc2)c1. The van der Waals surface area contributed by atoms with Crippen molar-refractivity contribution < 1.29 is 23.8 Å². The van der Waals surface area contributed by atoms with E-state index >= 15 is 0 Å². The molecule has 0 atom stereocenters. The number of benzene rings is 3. The topological polar surface area (TPSA) is 98.2 Å². The zero-order valence-electron chi connectivity index (χ0n) is 19.5. The largest absolute Gasteiger partial charge is 0.497 e. The highest BCUT2D eigenvalue weighted by molar-refractivity contribution is 6.39. The highest BCUT2D eigenvalue weighted by Gasteiger charge is 2.16. The van der Waals surface area contributed by atoms with Gasteiger partial charge in [0.05, 0.1) is 25.6 Å². The van der Waals surface area contributed by atoms with Crippen molar-refractivity contribution in [2.45, 2.75) is 20.5 Å². The number of ether oxygens (including phenoxy) is 3. The van der Waals surface area contributed by atoms with E-state index in [0.29, 0.717) is 29.5 Å². The molecule has 3 aromatic rings. The second kappa shape index (κ2) is 11.5. The van der Waals surface area contributed by atoms with E-state index in [9.17, 15) is 9.59 Å². The summed E-state index contributed by atoms with van der Waals surface area (Å²) in [4.78, 5) is 24.5. The highest BCUT2D eigenvalue weighted by atomic mass is 16.5. The monoisotopic (exact) mass is 461 g/mol. The van der Waals surface area contributed by atoms with Gasteiger partial charge in [0.15, 0.2) is 0 Å². The first-order valence-corrected chi connectivity index (χ1v) is 10.6. The average Bonchev–Trinajstić information content (AvgIpc) is 2.86. The summed E-state index contributed by atoms with van der Waals surface area (Å²) in [6, 6.07) is 20.2. The van der Waals surface area contributed by atoms with Crippen LogP contribution in [0.1, 0.15) is 23.6 Å². The van der Waals surface area contributed by atoms with Gasteiger partial charge in [0, 0.05) is 6.07 Å². The molecule has 0 aliphatic carbocycles. The lowest BCUT2D eigenvalue weighted by Crippen LogP contribution is -2.33. The molecule has 3 rings (SSSR count). The van der Waals surface area contributed by atoms with Crippen molar-refractivity contribution in [2.75, 3.05) is 19.5 Å². The molecule has 0 aliphatic rings. The van der Waals surface area contributed by atoms with Crippen LogP contribution >= 0.6 is 0 Å². The predicted octanol–water partition coefficient (Wildman–Crippen LogP) is 4.07. The van der Waals surface area contributed by atoms with Crippen LogP contribution < -0.4 is 25.0 Å². The minimum Gasteiger partial charge on any atom is -0.497 e. The van der Waals surface area contributed by atoms with Gasteiger partial charge in [-0.3, -0.25) is 9.59 Å². The van der Waals surface area contributed by atoms with Crippen molar-refractivity contribution >= 4 is 23.2 Å². The number of carbonyl (C=O) groups is 2. The summed E-state index contributed by atoms with van der Waals surface area (Å²) in [5, 5.41) is 6.52. The number of amides is 2. The molecule has 0 radical (unpaired) electrons. The van der Waals surface area contributed by atoms with Crippen molar-refractivity contribution in [1.82, 2.24) is 5.43 Å². The maximum atomic E-state index is 12.3. The van der Waals surface area contributed by atoms with E-state index in [1.54, 1.807) is 25.1 Å². The Bertz CT molecular complexity index is 1190. The molecule has 2 N–H and O–H groups in total. The number of nitrogens with one attached hydrogen (secondary N) is 2. The van der Waals surface area contributed by atoms with Crippen molar-refractivity contribution in [1.29, 1.82) is 0 Å². The normalized spacial score (nSPS) is 10.9. The Balaban J connectivity index is 1.57. The lowest BCUT2D eigenvalue weighted by molar-refractivity contribution is -0.136. The summed E-state index contributed by atoms with van der Waals surface area (Å²) in [5.74, 6) is -0.177. The van der Waals surface area contributed by atoms with E-state index in [1.807, 2.05) is 55.5 Å². The number of rotatable bonds is 8. The van der Waals surface area contributed by atoms with Gasteiger partial charge in [-0.1, -0.05) is 24.3 Å². The van der Waals surface area contributed by atoms with Gasteiger partial charge in [-0.2, -0.15) is 5.10 Å². The van der Waals surface area contributed by atoms with Crippen molar-refractivity contribution in [3.8, 4) is 17.2 Å². The lowest BCUT2D eigenvalue weighted by Gasteiger charge is -2.11. The molecule has 34 heavy (non-hydrogen) atoms. The van der Waals surface area contributed by atoms with Gasteiger partial charge in [0.2, 0.25) is 0 Å². The minimum absolute atomic E-state index is 0.309. The number of aryl methyl sites for hydroxylation is 1. The third kappa shape index (κ3) is 6.35. The second-order valence-corrected chi connectivity index (χ2v) is 7.40. The molecule has 176 valence electrons. The van der Waals surface area contributed by atoms with Gasteiger partial charge in [0.1, 0.15) is 23.9 Å². The Morgan fingerprint density at radius 2 is 1.59 bits per heavy atom. The molecule has 8 nitrogen and oxygen atoms in total. The molecular weight excluding hydrogens is 434 g/mol. The summed E-state index contributed by atoms with van der Waals surface area (Å²) in [5.41, 5.74) is 6.18. The Kier molecular flexibility index (Phi) is 8.23. The molecule has 2 amide bonds. The zero-order valence-corrected chi connectivity index (χ0v) is 19.5. The second-order valence-electron chi connectivity index (χ2n) is 7.40. The summed E-state index contributed by atoms with van der Waals surface area (Å²) in [6.07, 6.45) is 0. The Hall–Kier alpha value is -4.33. The first-order chi connectivity index (χ1) is 16.4. The molecule has 0 saturated carbocycles. The van der Waals surface area contributed by atoms with Gasteiger partial charge in [0.25, 0.3) is 0 Å². The fraction of sp³-hybridized carbons (Fsp3) is 0.192. The van der Waals surface area contributed by atoms with Crippen LogP contribution in [0.3, 0.4) is 0 Å². The van der Waals surface area contributed by atoms with E-state index in [2.05, 4.69) is 15.8 Å². The van der Waals surface area contributed by atoms with Gasteiger partial charge in [-0.05, 0) is 66.9 Å². The molecule has 8 heteroatoms. The number of hydrazone groups is 1. The maximum absolute atomic E-state index is 12.3. The predicted molar refractivity (Wildman–Crippen MR) is 130 cm³/mol. The molecule has 0 bridgehead atoms. The van der Waals surface area contributed by atoms with E-state index in [1.165, 1.54) is 19.8 Å². The molecule has 0 aliphatic heterocycles. The summed E-state index contributed by atoms with van der Waals surface area (Å²) < 4.78 is 16.2. The van der Waals surface area contributed by atoms with Crippen LogP contribution in [0.25, 0.3) is 0 Å². The number of nitrogens with zero attached hydrogens (tertiary/aromatic N) is 1. The van der Waals surface area contributed by atoms with Gasteiger partial charge >= 0.3 is 11.8 Å². The summed E-state index contributed by atoms with van der Waals surface area (Å²) >= 11 is 0. The van der Waals surface area contributed by atoms with E-state index < -0.39 is 11.8 Å². The maximum Gasteiger partial charge on any atom is 0.329 e. The fourth-order valence-electron chi connectivity index (χ4n) is 3.07. The number of carbonyl (C=O) groups excluding carboxylic acids is 2. The van der Waals surface area contributed by atoms with Crippen LogP contribution in [0, 0.1) is 6.92 Å². The number of anilines is 1. The van der Waals surface area contributed by atoms with E-state index in [4.69, 9.17) is 14.2 Å². The van der Waals surface area contributed by atoms with Gasteiger partial charge < -0.3 is 19.5 Å². The van der Waals surface area contributed by atoms with Gasteiger partial charge in [-0.25, -0.2) is 5.43 Å². The highest BCUT2D eigenvalue weighted by Crippen LogP contribution is 2.28. The number of methoxy groups -OCH3 is 2. The molecule has 0 fully saturated rings. The van der Waals surface area contributed by atoms with E-state index in [-0.39, 0.29) is 0 Å². The molecule has 0 spiro atoms. The summed E-state index contributed by atoms with van der Waals surface area (Å²) in [7, 11) is 2.96. The first kappa shape index (κ1) is 24.3. The van der Waals surface area contributed by atoms with Crippen LogP contribution in [0.15, 0.2) is 71.8 Å². The molecule has 0 unspecified atom stereocenters. The van der Waals surface area contributed by atoms with Crippen LogP contribution in [-0.4, -0.2) is 31.7 Å². The third-order valence-electron chi connectivity index (χ3n) is 5.11.